The second-order valence-electron chi connectivity index (χ2n) is 4.12. The lowest BCUT2D eigenvalue weighted by Gasteiger charge is -2.24. The van der Waals surface area contributed by atoms with Crippen LogP contribution in [-0.2, 0) is 0 Å². The van der Waals surface area contributed by atoms with Crippen molar-refractivity contribution >= 4 is 28.5 Å². The summed E-state index contributed by atoms with van der Waals surface area (Å²) in [5.74, 6) is 0.759. The minimum absolute atomic E-state index is 0.215. The van der Waals surface area contributed by atoms with Gasteiger partial charge in [-0.25, -0.2) is 9.97 Å². The average molecular weight is 303 g/mol. The van der Waals surface area contributed by atoms with Crippen molar-refractivity contribution in [2.75, 3.05) is 5.32 Å². The van der Waals surface area contributed by atoms with Crippen molar-refractivity contribution in [1.29, 1.82) is 0 Å². The van der Waals surface area contributed by atoms with Crippen LogP contribution in [-0.4, -0.2) is 15.5 Å². The van der Waals surface area contributed by atoms with Crippen LogP contribution >= 0.6 is 22.6 Å². The van der Waals surface area contributed by atoms with Gasteiger partial charge in [-0.2, -0.15) is 0 Å². The molecule has 14 heavy (non-hydrogen) atoms. The van der Waals surface area contributed by atoms with Gasteiger partial charge in [-0.05, 0) is 42.4 Å². The molecule has 0 bridgehead atoms. The van der Waals surface area contributed by atoms with E-state index in [-0.39, 0.29) is 5.54 Å². The summed E-state index contributed by atoms with van der Waals surface area (Å²) in [4.78, 5) is 8.51. The first-order chi connectivity index (χ1) is 6.68. The molecular formula is C10H14IN3. The highest BCUT2D eigenvalue weighted by atomic mass is 127. The summed E-state index contributed by atoms with van der Waals surface area (Å²) >= 11 is 2.21. The van der Waals surface area contributed by atoms with Crippen LogP contribution < -0.4 is 5.32 Å². The van der Waals surface area contributed by atoms with E-state index >= 15 is 0 Å². The first-order valence-electron chi connectivity index (χ1n) is 4.94. The van der Waals surface area contributed by atoms with E-state index in [1.807, 2.05) is 12.4 Å². The predicted molar refractivity (Wildman–Crippen MR) is 65.2 cm³/mol. The average Bonchev–Trinajstić information content (AvgIpc) is 2.57. The van der Waals surface area contributed by atoms with Gasteiger partial charge >= 0.3 is 0 Å². The molecule has 0 aliphatic heterocycles. The smallest absolute Gasteiger partial charge is 0.223 e. The third-order valence-corrected chi connectivity index (χ3v) is 3.30. The maximum Gasteiger partial charge on any atom is 0.223 e. The molecule has 0 saturated heterocycles. The summed E-state index contributed by atoms with van der Waals surface area (Å²) in [7, 11) is 0. The molecule has 0 radical (unpaired) electrons. The zero-order chi connectivity index (χ0) is 10.0. The fourth-order valence-electron chi connectivity index (χ4n) is 1.93. The summed E-state index contributed by atoms with van der Waals surface area (Å²) in [6.45, 7) is 2.25. The van der Waals surface area contributed by atoms with Crippen molar-refractivity contribution in [3.8, 4) is 0 Å². The highest BCUT2D eigenvalue weighted by molar-refractivity contribution is 14.1. The monoisotopic (exact) mass is 303 g/mol. The Hall–Kier alpha value is -0.390. The maximum atomic E-state index is 4.26. The third-order valence-electron chi connectivity index (χ3n) is 2.74. The number of nitrogens with zero attached hydrogens (tertiary/aromatic N) is 2. The first-order valence-corrected chi connectivity index (χ1v) is 6.02. The largest absolute Gasteiger partial charge is 0.349 e. The Morgan fingerprint density at radius 2 is 1.86 bits per heavy atom. The van der Waals surface area contributed by atoms with Gasteiger partial charge in [0.15, 0.2) is 0 Å². The predicted octanol–water partition coefficient (Wildman–Crippen LogP) is 2.83. The van der Waals surface area contributed by atoms with Crippen molar-refractivity contribution in [3.05, 3.63) is 16.0 Å². The van der Waals surface area contributed by atoms with Gasteiger partial charge in [0.1, 0.15) is 0 Å². The molecule has 0 aromatic carbocycles. The zero-order valence-corrected chi connectivity index (χ0v) is 10.4. The SMILES string of the molecule is CC1(Nc2ncc(I)cn2)CCCC1. The number of halogens is 1. The second kappa shape index (κ2) is 4.00. The molecule has 0 spiro atoms. The topological polar surface area (TPSA) is 37.8 Å². The molecule has 4 heteroatoms. The van der Waals surface area contributed by atoms with Crippen LogP contribution in [0.3, 0.4) is 0 Å². The minimum atomic E-state index is 0.215. The van der Waals surface area contributed by atoms with E-state index in [1.54, 1.807) is 0 Å². The Morgan fingerprint density at radius 3 is 2.43 bits per heavy atom. The van der Waals surface area contributed by atoms with Gasteiger partial charge in [-0.15, -0.1) is 0 Å². The summed E-state index contributed by atoms with van der Waals surface area (Å²) in [6.07, 6.45) is 8.76. The maximum absolute atomic E-state index is 4.26. The van der Waals surface area contributed by atoms with E-state index in [9.17, 15) is 0 Å². The van der Waals surface area contributed by atoms with E-state index in [2.05, 4.69) is 44.8 Å². The van der Waals surface area contributed by atoms with E-state index in [4.69, 9.17) is 0 Å². The molecule has 3 nitrogen and oxygen atoms in total. The molecule has 1 heterocycles. The number of aromatic nitrogens is 2. The standard InChI is InChI=1S/C10H14IN3/c1-10(4-2-3-5-10)14-9-12-6-8(11)7-13-9/h6-7H,2-5H2,1H3,(H,12,13,14). The Morgan fingerprint density at radius 1 is 1.29 bits per heavy atom. The van der Waals surface area contributed by atoms with Crippen molar-refractivity contribution in [2.24, 2.45) is 0 Å². The first kappa shape index (κ1) is 10.1. The van der Waals surface area contributed by atoms with Gasteiger partial charge in [-0.3, -0.25) is 0 Å². The van der Waals surface area contributed by atoms with Crippen LogP contribution in [0.25, 0.3) is 0 Å². The van der Waals surface area contributed by atoms with Crippen LogP contribution in [0.4, 0.5) is 5.95 Å². The van der Waals surface area contributed by atoms with Crippen molar-refractivity contribution in [2.45, 2.75) is 38.1 Å². The lowest BCUT2D eigenvalue weighted by atomic mass is 10.0. The molecule has 0 unspecified atom stereocenters. The molecule has 1 aromatic heterocycles. The Bertz CT molecular complexity index is 304. The molecule has 1 saturated carbocycles. The summed E-state index contributed by atoms with van der Waals surface area (Å²) in [5.41, 5.74) is 0.215. The van der Waals surface area contributed by atoms with Crippen LogP contribution in [0, 0.1) is 3.57 Å². The van der Waals surface area contributed by atoms with Gasteiger partial charge in [0, 0.05) is 21.5 Å². The van der Waals surface area contributed by atoms with Crippen LogP contribution in [0.1, 0.15) is 32.6 Å². The molecule has 1 N–H and O–H groups in total. The molecular weight excluding hydrogens is 289 g/mol. The quantitative estimate of drug-likeness (QED) is 0.854. The molecule has 76 valence electrons. The highest BCUT2D eigenvalue weighted by Crippen LogP contribution is 2.31. The number of hydrogen-bond donors (Lipinski definition) is 1. The van der Waals surface area contributed by atoms with Gasteiger partial charge in [0.25, 0.3) is 0 Å². The van der Waals surface area contributed by atoms with E-state index < -0.39 is 0 Å². The third kappa shape index (κ3) is 2.34. The highest BCUT2D eigenvalue weighted by Gasteiger charge is 2.28. The molecule has 1 aliphatic carbocycles. The normalized spacial score (nSPS) is 19.6. The molecule has 2 rings (SSSR count). The van der Waals surface area contributed by atoms with Gasteiger partial charge < -0.3 is 5.32 Å². The number of hydrogen-bond acceptors (Lipinski definition) is 3. The van der Waals surface area contributed by atoms with Crippen molar-refractivity contribution in [1.82, 2.24) is 9.97 Å². The lowest BCUT2D eigenvalue weighted by Crippen LogP contribution is -2.31. The van der Waals surface area contributed by atoms with E-state index in [0.717, 1.165) is 9.52 Å². The Kier molecular flexibility index (Phi) is 2.90. The van der Waals surface area contributed by atoms with Gasteiger partial charge in [0.2, 0.25) is 5.95 Å². The van der Waals surface area contributed by atoms with E-state index in [1.165, 1.54) is 25.7 Å². The Balaban J connectivity index is 2.06. The summed E-state index contributed by atoms with van der Waals surface area (Å²) < 4.78 is 1.07. The zero-order valence-electron chi connectivity index (χ0n) is 8.26. The number of nitrogens with one attached hydrogen (secondary N) is 1. The lowest BCUT2D eigenvalue weighted by molar-refractivity contribution is 0.528. The van der Waals surface area contributed by atoms with Gasteiger partial charge in [-0.1, -0.05) is 12.8 Å². The summed E-state index contributed by atoms with van der Waals surface area (Å²) in [5, 5.41) is 3.42. The fraction of sp³-hybridized carbons (Fsp3) is 0.600. The van der Waals surface area contributed by atoms with Crippen molar-refractivity contribution < 1.29 is 0 Å². The van der Waals surface area contributed by atoms with Crippen LogP contribution in [0.2, 0.25) is 0 Å². The number of rotatable bonds is 2. The van der Waals surface area contributed by atoms with Crippen LogP contribution in [0.5, 0.6) is 0 Å². The molecule has 0 amide bonds. The van der Waals surface area contributed by atoms with Crippen molar-refractivity contribution in [3.63, 3.8) is 0 Å². The molecule has 1 aliphatic rings. The number of anilines is 1. The second-order valence-corrected chi connectivity index (χ2v) is 5.36. The fourth-order valence-corrected chi connectivity index (χ4v) is 2.21. The molecule has 0 atom stereocenters. The molecule has 1 aromatic rings. The molecule has 1 fully saturated rings. The summed E-state index contributed by atoms with van der Waals surface area (Å²) in [6, 6.07) is 0. The Labute approximate surface area is 97.9 Å². The van der Waals surface area contributed by atoms with Gasteiger partial charge in [0.05, 0.1) is 0 Å². The van der Waals surface area contributed by atoms with Crippen LogP contribution in [0.15, 0.2) is 12.4 Å². The van der Waals surface area contributed by atoms with E-state index in [0.29, 0.717) is 0 Å². The minimum Gasteiger partial charge on any atom is -0.349 e.